The van der Waals surface area contributed by atoms with Crippen molar-refractivity contribution in [2.75, 3.05) is 0 Å². The lowest BCUT2D eigenvalue weighted by molar-refractivity contribution is 0.670. The molecule has 0 saturated heterocycles. The second kappa shape index (κ2) is 16.0. The molecule has 13 aromatic rings. The number of rotatable bonds is 7. The molecule has 0 bridgehead atoms. The summed E-state index contributed by atoms with van der Waals surface area (Å²) in [7, 11) is 0. The van der Waals surface area contributed by atoms with Gasteiger partial charge in [-0.05, 0) is 135 Å². The second-order valence-corrected chi connectivity index (χ2v) is 18.7. The highest BCUT2D eigenvalue weighted by Crippen LogP contribution is 2.57. The van der Waals surface area contributed by atoms with Gasteiger partial charge in [-0.3, -0.25) is 0 Å². The lowest BCUT2D eigenvalue weighted by Crippen LogP contribution is -2.28. The molecule has 0 unspecified atom stereocenters. The molecule has 1 aliphatic carbocycles. The summed E-state index contributed by atoms with van der Waals surface area (Å²) in [6.45, 7) is 0. The fraction of sp³-hybridized carbons (Fsp3) is 0.0145. The molecule has 0 fully saturated rings. The number of fused-ring (bicyclic) bond motifs is 8. The molecule has 0 atom stereocenters. The summed E-state index contributed by atoms with van der Waals surface area (Å²) in [4.78, 5) is 0. The van der Waals surface area contributed by atoms with E-state index in [1.165, 1.54) is 88.3 Å². The van der Waals surface area contributed by atoms with Crippen LogP contribution in [-0.2, 0) is 5.41 Å². The first kappa shape index (κ1) is 40.1. The van der Waals surface area contributed by atoms with Crippen LogP contribution < -0.4 is 0 Å². The first-order valence-corrected chi connectivity index (χ1v) is 24.2. The highest BCUT2D eigenvalue weighted by atomic mass is 16.3. The summed E-state index contributed by atoms with van der Waals surface area (Å²) in [6.07, 6.45) is 0. The summed E-state index contributed by atoms with van der Waals surface area (Å²) >= 11 is 0. The zero-order valence-electron chi connectivity index (χ0n) is 38.3. The molecule has 1 nitrogen and oxygen atoms in total. The van der Waals surface area contributed by atoms with E-state index in [4.69, 9.17) is 4.42 Å². The first-order valence-electron chi connectivity index (χ1n) is 24.2. The van der Waals surface area contributed by atoms with Crippen LogP contribution in [0.1, 0.15) is 22.3 Å². The Morgan fingerprint density at radius 1 is 0.243 bits per heavy atom. The van der Waals surface area contributed by atoms with Crippen molar-refractivity contribution in [3.63, 3.8) is 0 Å². The predicted octanol–water partition coefficient (Wildman–Crippen LogP) is 18.6. The van der Waals surface area contributed by atoms with Crippen LogP contribution in [0.25, 0.3) is 110 Å². The average molecular weight is 889 g/mol. The molecule has 14 rings (SSSR count). The number of furan rings is 1. The van der Waals surface area contributed by atoms with Crippen LogP contribution in [0.15, 0.2) is 271 Å². The Morgan fingerprint density at radius 3 is 1.31 bits per heavy atom. The van der Waals surface area contributed by atoms with Gasteiger partial charge in [0.05, 0.1) is 5.41 Å². The molecule has 326 valence electrons. The van der Waals surface area contributed by atoms with E-state index >= 15 is 0 Å². The van der Waals surface area contributed by atoms with Crippen molar-refractivity contribution in [3.8, 4) is 66.8 Å². The van der Waals surface area contributed by atoms with Gasteiger partial charge in [0, 0.05) is 16.3 Å². The molecular weight excluding hydrogens is 845 g/mol. The SMILES string of the molecule is c1ccc(-c2c3ccccc3c(-c3ccccc3)c3cc(-c4cccc(C5(c6cccc(-c7cccc(-c8cccc9c8oc8ccccc89)c7)c6)c6ccccc6-c6ccccc65)c4)ccc23)cc1. The van der Waals surface area contributed by atoms with Crippen molar-refractivity contribution in [3.05, 3.63) is 289 Å². The van der Waals surface area contributed by atoms with Gasteiger partial charge in [0.25, 0.3) is 0 Å². The lowest BCUT2D eigenvalue weighted by Gasteiger charge is -2.34. The monoisotopic (exact) mass is 888 g/mol. The van der Waals surface area contributed by atoms with Crippen LogP contribution in [0, 0.1) is 0 Å². The van der Waals surface area contributed by atoms with Crippen LogP contribution in [0.5, 0.6) is 0 Å². The Morgan fingerprint density at radius 2 is 0.671 bits per heavy atom. The summed E-state index contributed by atoms with van der Waals surface area (Å²) in [5, 5.41) is 7.26. The van der Waals surface area contributed by atoms with Gasteiger partial charge in [-0.15, -0.1) is 0 Å². The summed E-state index contributed by atoms with van der Waals surface area (Å²) in [5.41, 5.74) is 20.7. The van der Waals surface area contributed by atoms with E-state index in [1.807, 2.05) is 6.07 Å². The van der Waals surface area contributed by atoms with Crippen molar-refractivity contribution in [1.29, 1.82) is 0 Å². The highest BCUT2D eigenvalue weighted by molar-refractivity contribution is 6.22. The number of hydrogen-bond acceptors (Lipinski definition) is 1. The quantitative estimate of drug-likeness (QED) is 0.145. The molecule has 12 aromatic carbocycles. The van der Waals surface area contributed by atoms with Gasteiger partial charge in [0.1, 0.15) is 11.2 Å². The number of para-hydroxylation sites is 2. The minimum absolute atomic E-state index is 0.598. The molecule has 0 amide bonds. The third-order valence-electron chi connectivity index (χ3n) is 14.9. The smallest absolute Gasteiger partial charge is 0.143 e. The standard InChI is InChI=1S/C69H44O/c1-3-19-45(20-4-1)66-58-32-7-8-33-59(58)67(46-21-5-2-6-22-46)62-44-50(39-40-60(62)66)49-25-17-28-53(43-49)69(63-36-12-9-29-55(63)56-30-10-13-37-64(56)69)52-27-16-24-48(42-52)47-23-15-26-51(41-47)54-34-18-35-61-57-31-11-14-38-65(57)70-68(54)61/h1-44H. The highest BCUT2D eigenvalue weighted by Gasteiger charge is 2.46. The van der Waals surface area contributed by atoms with Gasteiger partial charge in [0.15, 0.2) is 0 Å². The van der Waals surface area contributed by atoms with Crippen LogP contribution in [-0.4, -0.2) is 0 Å². The van der Waals surface area contributed by atoms with Gasteiger partial charge in [-0.2, -0.15) is 0 Å². The average Bonchev–Trinajstić information content (AvgIpc) is 3.97. The molecule has 0 saturated carbocycles. The van der Waals surface area contributed by atoms with Crippen LogP contribution in [0.3, 0.4) is 0 Å². The summed E-state index contributed by atoms with van der Waals surface area (Å²) < 4.78 is 6.53. The first-order chi connectivity index (χ1) is 34.7. The van der Waals surface area contributed by atoms with Crippen LogP contribution in [0.2, 0.25) is 0 Å². The third-order valence-corrected chi connectivity index (χ3v) is 14.9. The molecule has 1 heterocycles. The van der Waals surface area contributed by atoms with E-state index < -0.39 is 5.41 Å². The van der Waals surface area contributed by atoms with Crippen molar-refractivity contribution in [2.45, 2.75) is 5.41 Å². The Balaban J connectivity index is 0.965. The molecule has 1 aromatic heterocycles. The maximum atomic E-state index is 6.53. The van der Waals surface area contributed by atoms with E-state index in [1.54, 1.807) is 0 Å². The second-order valence-electron chi connectivity index (χ2n) is 18.7. The van der Waals surface area contributed by atoms with E-state index in [2.05, 4.69) is 261 Å². The largest absolute Gasteiger partial charge is 0.455 e. The lowest BCUT2D eigenvalue weighted by atomic mass is 9.67. The Labute approximate surface area is 407 Å². The molecule has 70 heavy (non-hydrogen) atoms. The third kappa shape index (κ3) is 6.12. The molecule has 0 N–H and O–H groups in total. The van der Waals surface area contributed by atoms with Gasteiger partial charge < -0.3 is 4.42 Å². The van der Waals surface area contributed by atoms with Gasteiger partial charge in [-0.25, -0.2) is 0 Å². The summed E-state index contributed by atoms with van der Waals surface area (Å²) in [6, 6.07) is 98.3. The molecular formula is C69H44O. The minimum Gasteiger partial charge on any atom is -0.455 e. The normalized spacial score (nSPS) is 12.7. The Hall–Kier alpha value is -9.04. The summed E-state index contributed by atoms with van der Waals surface area (Å²) in [5.74, 6) is 0. The maximum Gasteiger partial charge on any atom is 0.143 e. The van der Waals surface area contributed by atoms with Crippen molar-refractivity contribution in [1.82, 2.24) is 0 Å². The minimum atomic E-state index is -0.598. The Kier molecular flexibility index (Phi) is 9.19. The zero-order chi connectivity index (χ0) is 46.2. The van der Waals surface area contributed by atoms with E-state index in [-0.39, 0.29) is 0 Å². The number of hydrogen-bond donors (Lipinski definition) is 0. The van der Waals surface area contributed by atoms with Crippen molar-refractivity contribution in [2.24, 2.45) is 0 Å². The van der Waals surface area contributed by atoms with Gasteiger partial charge in [0.2, 0.25) is 0 Å². The fourth-order valence-corrected chi connectivity index (χ4v) is 11.9. The molecule has 1 aliphatic rings. The van der Waals surface area contributed by atoms with Gasteiger partial charge >= 0.3 is 0 Å². The van der Waals surface area contributed by atoms with E-state index in [9.17, 15) is 0 Å². The van der Waals surface area contributed by atoms with E-state index in [0.717, 1.165) is 44.2 Å². The molecule has 0 aliphatic heterocycles. The Bertz CT molecular complexity index is 4130. The molecule has 1 heteroatoms. The van der Waals surface area contributed by atoms with E-state index in [0.29, 0.717) is 0 Å². The molecule has 0 radical (unpaired) electrons. The zero-order valence-corrected chi connectivity index (χ0v) is 38.3. The van der Waals surface area contributed by atoms with Crippen LogP contribution in [0.4, 0.5) is 0 Å². The van der Waals surface area contributed by atoms with Crippen molar-refractivity contribution >= 4 is 43.5 Å². The topological polar surface area (TPSA) is 13.1 Å². The number of benzene rings is 12. The van der Waals surface area contributed by atoms with Crippen LogP contribution >= 0.6 is 0 Å². The predicted molar refractivity (Wildman–Crippen MR) is 293 cm³/mol. The van der Waals surface area contributed by atoms with Crippen molar-refractivity contribution < 1.29 is 4.42 Å². The molecule has 0 spiro atoms. The maximum absolute atomic E-state index is 6.53. The fourth-order valence-electron chi connectivity index (χ4n) is 11.9. The van der Waals surface area contributed by atoms with Gasteiger partial charge in [-0.1, -0.05) is 237 Å².